The molecule has 1 heterocycles. The van der Waals surface area contributed by atoms with Crippen molar-refractivity contribution >= 4 is 0 Å². The smallest absolute Gasteiger partial charge is 0.161 e. The third-order valence-electron chi connectivity index (χ3n) is 3.60. The first-order valence-corrected chi connectivity index (χ1v) is 7.55. The van der Waals surface area contributed by atoms with Crippen molar-refractivity contribution in [2.45, 2.75) is 18.9 Å². The van der Waals surface area contributed by atoms with Gasteiger partial charge in [0.15, 0.2) is 11.5 Å². The van der Waals surface area contributed by atoms with Gasteiger partial charge in [-0.2, -0.15) is 0 Å². The van der Waals surface area contributed by atoms with Crippen LogP contribution in [0, 0.1) is 0 Å². The molecular formula is C18H21NO2. The Hall–Kier alpha value is -2.00. The summed E-state index contributed by atoms with van der Waals surface area (Å²) in [6.07, 6.45) is 2.34. The molecule has 1 N–H and O–H groups in total. The molecule has 0 saturated heterocycles. The molecule has 3 heteroatoms. The monoisotopic (exact) mass is 283 g/mol. The minimum absolute atomic E-state index is 0.0941. The minimum atomic E-state index is 0.0941. The zero-order valence-electron chi connectivity index (χ0n) is 12.1. The molecule has 3 rings (SSSR count). The Morgan fingerprint density at radius 1 is 0.952 bits per heavy atom. The molecule has 0 saturated carbocycles. The van der Waals surface area contributed by atoms with Crippen LogP contribution < -0.4 is 14.8 Å². The van der Waals surface area contributed by atoms with Crippen LogP contribution in [0.5, 0.6) is 11.5 Å². The van der Waals surface area contributed by atoms with Crippen LogP contribution in [0.1, 0.15) is 12.0 Å². The van der Waals surface area contributed by atoms with E-state index in [0.29, 0.717) is 6.61 Å². The average molecular weight is 283 g/mol. The lowest BCUT2D eigenvalue weighted by atomic mass is 10.1. The van der Waals surface area contributed by atoms with E-state index in [0.717, 1.165) is 37.4 Å². The Morgan fingerprint density at radius 2 is 1.71 bits per heavy atom. The van der Waals surface area contributed by atoms with Gasteiger partial charge in [0.2, 0.25) is 0 Å². The maximum Gasteiger partial charge on any atom is 0.161 e. The highest BCUT2D eigenvalue weighted by atomic mass is 16.6. The highest BCUT2D eigenvalue weighted by molar-refractivity contribution is 5.40. The molecule has 0 aliphatic carbocycles. The Bertz CT molecular complexity index is 556. The molecule has 0 bridgehead atoms. The van der Waals surface area contributed by atoms with E-state index in [1.807, 2.05) is 24.3 Å². The molecule has 2 aromatic carbocycles. The van der Waals surface area contributed by atoms with Crippen LogP contribution in [-0.2, 0) is 6.42 Å². The van der Waals surface area contributed by atoms with Gasteiger partial charge in [-0.1, -0.05) is 42.5 Å². The fraction of sp³-hybridized carbons (Fsp3) is 0.333. The summed E-state index contributed by atoms with van der Waals surface area (Å²) in [7, 11) is 0. The number of fused-ring (bicyclic) bond motifs is 1. The van der Waals surface area contributed by atoms with Crippen molar-refractivity contribution in [3.8, 4) is 11.5 Å². The SMILES string of the molecule is c1ccc(CCCNC[C@@H]2COc3ccccc3O2)cc1. The number of aryl methyl sites for hydroxylation is 1. The average Bonchev–Trinajstić information content (AvgIpc) is 2.55. The van der Waals surface area contributed by atoms with Crippen LogP contribution in [0.4, 0.5) is 0 Å². The molecule has 21 heavy (non-hydrogen) atoms. The molecule has 1 aliphatic heterocycles. The van der Waals surface area contributed by atoms with E-state index in [2.05, 4.69) is 35.6 Å². The summed E-state index contributed by atoms with van der Waals surface area (Å²) < 4.78 is 11.6. The highest BCUT2D eigenvalue weighted by Gasteiger charge is 2.19. The Balaban J connectivity index is 1.35. The second kappa shape index (κ2) is 7.14. The summed E-state index contributed by atoms with van der Waals surface area (Å²) in [5.74, 6) is 1.69. The van der Waals surface area contributed by atoms with Crippen molar-refractivity contribution in [3.05, 3.63) is 60.2 Å². The summed E-state index contributed by atoms with van der Waals surface area (Å²) in [6.45, 7) is 2.43. The number of hydrogen-bond donors (Lipinski definition) is 1. The lowest BCUT2D eigenvalue weighted by Crippen LogP contribution is -2.38. The van der Waals surface area contributed by atoms with E-state index >= 15 is 0 Å². The number of hydrogen-bond acceptors (Lipinski definition) is 3. The maximum absolute atomic E-state index is 5.91. The van der Waals surface area contributed by atoms with Crippen molar-refractivity contribution < 1.29 is 9.47 Å². The van der Waals surface area contributed by atoms with Crippen LogP contribution in [0.25, 0.3) is 0 Å². The summed E-state index contributed by atoms with van der Waals surface area (Å²) in [6, 6.07) is 18.4. The first kappa shape index (κ1) is 14.0. The first-order valence-electron chi connectivity index (χ1n) is 7.55. The van der Waals surface area contributed by atoms with E-state index in [9.17, 15) is 0 Å². The quantitative estimate of drug-likeness (QED) is 0.827. The van der Waals surface area contributed by atoms with Gasteiger partial charge in [-0.15, -0.1) is 0 Å². The molecule has 2 aromatic rings. The molecule has 0 spiro atoms. The van der Waals surface area contributed by atoms with Crippen LogP contribution in [-0.4, -0.2) is 25.8 Å². The van der Waals surface area contributed by atoms with Crippen molar-refractivity contribution in [2.24, 2.45) is 0 Å². The summed E-state index contributed by atoms with van der Waals surface area (Å²) in [5, 5.41) is 3.45. The van der Waals surface area contributed by atoms with Gasteiger partial charge in [0.1, 0.15) is 12.7 Å². The van der Waals surface area contributed by atoms with Gasteiger partial charge in [0.05, 0.1) is 0 Å². The molecule has 1 aliphatic rings. The minimum Gasteiger partial charge on any atom is -0.486 e. The number of ether oxygens (including phenoxy) is 2. The lowest BCUT2D eigenvalue weighted by Gasteiger charge is -2.26. The van der Waals surface area contributed by atoms with Gasteiger partial charge >= 0.3 is 0 Å². The van der Waals surface area contributed by atoms with Gasteiger partial charge in [-0.25, -0.2) is 0 Å². The Labute approximate surface area is 125 Å². The Morgan fingerprint density at radius 3 is 2.57 bits per heavy atom. The van der Waals surface area contributed by atoms with Gasteiger partial charge in [-0.3, -0.25) is 0 Å². The van der Waals surface area contributed by atoms with E-state index in [-0.39, 0.29) is 6.10 Å². The molecule has 0 radical (unpaired) electrons. The topological polar surface area (TPSA) is 30.5 Å². The molecular weight excluding hydrogens is 262 g/mol. The third-order valence-corrected chi connectivity index (χ3v) is 3.60. The maximum atomic E-state index is 5.91. The van der Waals surface area contributed by atoms with Crippen LogP contribution >= 0.6 is 0 Å². The fourth-order valence-corrected chi connectivity index (χ4v) is 2.49. The molecule has 0 fully saturated rings. The van der Waals surface area contributed by atoms with Crippen molar-refractivity contribution in [3.63, 3.8) is 0 Å². The molecule has 3 nitrogen and oxygen atoms in total. The molecule has 1 atom stereocenters. The van der Waals surface area contributed by atoms with E-state index < -0.39 is 0 Å². The van der Waals surface area contributed by atoms with Crippen molar-refractivity contribution in [2.75, 3.05) is 19.7 Å². The standard InChI is InChI=1S/C18H21NO2/c1-2-7-15(8-3-1)9-6-12-19-13-16-14-20-17-10-4-5-11-18(17)21-16/h1-5,7-8,10-11,16,19H,6,9,12-14H2/t16-/m1/s1. The van der Waals surface area contributed by atoms with Crippen molar-refractivity contribution in [1.82, 2.24) is 5.32 Å². The van der Waals surface area contributed by atoms with E-state index in [4.69, 9.17) is 9.47 Å². The normalized spacial score (nSPS) is 16.7. The summed E-state index contributed by atoms with van der Waals surface area (Å²) in [5.41, 5.74) is 1.39. The third kappa shape index (κ3) is 3.99. The van der Waals surface area contributed by atoms with Gasteiger partial charge in [0, 0.05) is 6.54 Å². The highest BCUT2D eigenvalue weighted by Crippen LogP contribution is 2.30. The summed E-state index contributed by atoms with van der Waals surface area (Å²) in [4.78, 5) is 0. The molecule has 0 aromatic heterocycles. The lowest BCUT2D eigenvalue weighted by molar-refractivity contribution is 0.0905. The molecule has 0 amide bonds. The summed E-state index contributed by atoms with van der Waals surface area (Å²) >= 11 is 0. The number of para-hydroxylation sites is 2. The van der Waals surface area contributed by atoms with Crippen molar-refractivity contribution in [1.29, 1.82) is 0 Å². The first-order chi connectivity index (χ1) is 10.4. The second-order valence-electron chi connectivity index (χ2n) is 5.29. The zero-order valence-corrected chi connectivity index (χ0v) is 12.1. The van der Waals surface area contributed by atoms with Gasteiger partial charge in [-0.05, 0) is 37.1 Å². The molecule has 0 unspecified atom stereocenters. The zero-order chi connectivity index (χ0) is 14.3. The van der Waals surface area contributed by atoms with E-state index in [1.54, 1.807) is 0 Å². The second-order valence-corrected chi connectivity index (χ2v) is 5.29. The van der Waals surface area contributed by atoms with E-state index in [1.165, 1.54) is 5.56 Å². The Kier molecular flexibility index (Phi) is 4.74. The predicted molar refractivity (Wildman–Crippen MR) is 84.0 cm³/mol. The van der Waals surface area contributed by atoms with Crippen LogP contribution in [0.3, 0.4) is 0 Å². The van der Waals surface area contributed by atoms with Crippen LogP contribution in [0.15, 0.2) is 54.6 Å². The largest absolute Gasteiger partial charge is 0.486 e. The molecule has 110 valence electrons. The number of benzene rings is 2. The van der Waals surface area contributed by atoms with Crippen LogP contribution in [0.2, 0.25) is 0 Å². The predicted octanol–water partition coefficient (Wildman–Crippen LogP) is 3.05. The number of nitrogens with one attached hydrogen (secondary N) is 1. The fourth-order valence-electron chi connectivity index (χ4n) is 2.49. The van der Waals surface area contributed by atoms with Gasteiger partial charge in [0.25, 0.3) is 0 Å². The number of rotatable bonds is 6. The van der Waals surface area contributed by atoms with Gasteiger partial charge < -0.3 is 14.8 Å².